The number of para-hydroxylation sites is 1. The number of benzene rings is 2. The molecule has 3 atom stereocenters. The highest BCUT2D eigenvalue weighted by Gasteiger charge is 2.47. The van der Waals surface area contributed by atoms with E-state index >= 15 is 0 Å². The van der Waals surface area contributed by atoms with E-state index in [9.17, 15) is 4.79 Å². The number of ether oxygens (including phenoxy) is 2. The molecule has 4 rings (SSSR count). The summed E-state index contributed by atoms with van der Waals surface area (Å²) in [6.45, 7) is 3.62. The van der Waals surface area contributed by atoms with Gasteiger partial charge in [-0.05, 0) is 24.3 Å². The summed E-state index contributed by atoms with van der Waals surface area (Å²) in [6.07, 6.45) is 0. The minimum Gasteiger partial charge on any atom is -0.457 e. The third kappa shape index (κ3) is 3.00. The summed E-state index contributed by atoms with van der Waals surface area (Å²) in [5, 5.41) is 0.716. The smallest absolute Gasteiger partial charge is 0.306 e. The average molecular weight is 359 g/mol. The molecule has 2 aromatic rings. The number of carbonyl (C=O) groups excluding carboxylic acids is 1. The maximum Gasteiger partial charge on any atom is 0.306 e. The summed E-state index contributed by atoms with van der Waals surface area (Å²) in [6, 6.07) is 14.0. The molecule has 130 valence electrons. The van der Waals surface area contributed by atoms with Crippen molar-refractivity contribution in [3.8, 4) is 11.5 Å². The SMILES string of the molecule is CC(=O)OC[N+]1(C)CC2c3ccccc3Oc3ccc(Cl)cc3C2C1. The van der Waals surface area contributed by atoms with E-state index in [-0.39, 0.29) is 11.9 Å². The summed E-state index contributed by atoms with van der Waals surface area (Å²) in [5.41, 5.74) is 2.35. The minimum absolute atomic E-state index is 0.237. The van der Waals surface area contributed by atoms with Crippen LogP contribution in [0.3, 0.4) is 0 Å². The standard InChI is InChI=1S/C20H21ClNO3/c1-13(23)24-12-22(2)10-17-15-5-3-4-6-19(15)25-20-8-7-14(21)9-16(20)18(17)11-22/h3-9,17-18H,10-12H2,1-2H3/q+1. The van der Waals surface area contributed by atoms with Gasteiger partial charge in [-0.3, -0.25) is 9.28 Å². The van der Waals surface area contributed by atoms with Gasteiger partial charge in [0.2, 0.25) is 6.73 Å². The number of hydrogen-bond donors (Lipinski definition) is 0. The first-order valence-electron chi connectivity index (χ1n) is 8.48. The molecular formula is C20H21ClNO3+. The van der Waals surface area contributed by atoms with Crippen LogP contribution in [-0.4, -0.2) is 37.3 Å². The Hall–Kier alpha value is -2.04. The fraction of sp³-hybridized carbons (Fsp3) is 0.350. The topological polar surface area (TPSA) is 35.5 Å². The average Bonchev–Trinajstić information content (AvgIpc) is 2.88. The lowest BCUT2D eigenvalue weighted by Gasteiger charge is -2.29. The molecule has 0 saturated carbocycles. The Kier molecular flexibility index (Phi) is 3.97. The molecule has 0 aromatic heterocycles. The molecule has 0 aliphatic carbocycles. The van der Waals surface area contributed by atoms with Crippen LogP contribution in [0.15, 0.2) is 42.5 Å². The Morgan fingerprint density at radius 2 is 1.84 bits per heavy atom. The first-order valence-corrected chi connectivity index (χ1v) is 8.86. The largest absolute Gasteiger partial charge is 0.457 e. The molecule has 5 heteroatoms. The maximum absolute atomic E-state index is 11.3. The highest BCUT2D eigenvalue weighted by Crippen LogP contribution is 2.51. The molecule has 4 nitrogen and oxygen atoms in total. The summed E-state index contributed by atoms with van der Waals surface area (Å²) in [4.78, 5) is 11.3. The highest BCUT2D eigenvalue weighted by molar-refractivity contribution is 6.30. The molecule has 2 aliphatic rings. The first-order chi connectivity index (χ1) is 12.0. The van der Waals surface area contributed by atoms with Gasteiger partial charge >= 0.3 is 5.97 Å². The number of likely N-dealkylation sites (N-methyl/N-ethyl adjacent to an activating group) is 1. The van der Waals surface area contributed by atoms with Gasteiger partial charge in [-0.1, -0.05) is 29.8 Å². The first kappa shape index (κ1) is 16.4. The number of carbonyl (C=O) groups is 1. The molecule has 1 saturated heterocycles. The predicted molar refractivity (Wildman–Crippen MR) is 96.0 cm³/mol. The lowest BCUT2D eigenvalue weighted by molar-refractivity contribution is -0.915. The predicted octanol–water partition coefficient (Wildman–Crippen LogP) is 4.29. The molecule has 0 radical (unpaired) electrons. The lowest BCUT2D eigenvalue weighted by Crippen LogP contribution is -2.44. The van der Waals surface area contributed by atoms with Crippen molar-refractivity contribution in [3.63, 3.8) is 0 Å². The molecule has 2 aromatic carbocycles. The number of esters is 1. The van der Waals surface area contributed by atoms with Crippen molar-refractivity contribution in [3.05, 3.63) is 58.6 Å². The molecule has 3 unspecified atom stereocenters. The van der Waals surface area contributed by atoms with E-state index in [0.717, 1.165) is 30.2 Å². The maximum atomic E-state index is 11.3. The summed E-state index contributed by atoms with van der Waals surface area (Å²) in [7, 11) is 2.14. The van der Waals surface area contributed by atoms with E-state index in [1.807, 2.05) is 30.3 Å². The number of fused-ring (bicyclic) bond motifs is 5. The Morgan fingerprint density at radius 3 is 2.60 bits per heavy atom. The van der Waals surface area contributed by atoms with Gasteiger partial charge in [-0.15, -0.1) is 0 Å². The Morgan fingerprint density at radius 1 is 1.16 bits per heavy atom. The number of nitrogens with zero attached hydrogens (tertiary/aromatic N) is 1. The molecule has 0 amide bonds. The summed E-state index contributed by atoms with van der Waals surface area (Å²) < 4.78 is 12.2. The zero-order chi connectivity index (χ0) is 17.6. The lowest BCUT2D eigenvalue weighted by atomic mass is 9.84. The Bertz CT molecular complexity index is 837. The molecule has 25 heavy (non-hydrogen) atoms. The van der Waals surface area contributed by atoms with Crippen LogP contribution >= 0.6 is 11.6 Å². The van der Waals surface area contributed by atoms with Crippen LogP contribution in [-0.2, 0) is 9.53 Å². The molecule has 1 fully saturated rings. The van der Waals surface area contributed by atoms with Crippen molar-refractivity contribution in [1.29, 1.82) is 0 Å². The molecular weight excluding hydrogens is 338 g/mol. The Labute approximate surface area is 152 Å². The van der Waals surface area contributed by atoms with Gasteiger partial charge in [-0.25, -0.2) is 0 Å². The summed E-state index contributed by atoms with van der Waals surface area (Å²) >= 11 is 6.28. The van der Waals surface area contributed by atoms with E-state index < -0.39 is 0 Å². The van der Waals surface area contributed by atoms with Crippen LogP contribution in [0.2, 0.25) is 5.02 Å². The van der Waals surface area contributed by atoms with Crippen LogP contribution in [0.25, 0.3) is 0 Å². The molecule has 0 spiro atoms. The molecule has 2 aliphatic heterocycles. The third-order valence-corrected chi connectivity index (χ3v) is 5.48. The van der Waals surface area contributed by atoms with Gasteiger partial charge in [-0.2, -0.15) is 0 Å². The number of likely N-dealkylation sites (tertiary alicyclic amines) is 1. The number of rotatable bonds is 2. The van der Waals surface area contributed by atoms with Crippen LogP contribution in [0.4, 0.5) is 0 Å². The van der Waals surface area contributed by atoms with Gasteiger partial charge in [0.05, 0.1) is 20.1 Å². The van der Waals surface area contributed by atoms with Crippen LogP contribution in [0.1, 0.15) is 29.9 Å². The second kappa shape index (κ2) is 6.04. The van der Waals surface area contributed by atoms with Crippen molar-refractivity contribution in [2.45, 2.75) is 18.8 Å². The van der Waals surface area contributed by atoms with Crippen molar-refractivity contribution >= 4 is 17.6 Å². The number of hydrogen-bond acceptors (Lipinski definition) is 3. The molecule has 0 N–H and O–H groups in total. The fourth-order valence-corrected chi connectivity index (χ4v) is 4.34. The third-order valence-electron chi connectivity index (χ3n) is 5.25. The van der Waals surface area contributed by atoms with E-state index in [4.69, 9.17) is 21.1 Å². The summed E-state index contributed by atoms with van der Waals surface area (Å²) in [5.74, 6) is 2.11. The van der Waals surface area contributed by atoms with Gasteiger partial charge < -0.3 is 9.47 Å². The number of halogens is 1. The Balaban J connectivity index is 1.79. The van der Waals surface area contributed by atoms with Crippen LogP contribution in [0, 0.1) is 0 Å². The normalized spacial score (nSPS) is 26.7. The van der Waals surface area contributed by atoms with Gasteiger partial charge in [0.15, 0.2) is 0 Å². The van der Waals surface area contributed by atoms with Gasteiger partial charge in [0.25, 0.3) is 0 Å². The number of quaternary nitrogens is 1. The van der Waals surface area contributed by atoms with Crippen molar-refractivity contribution in [1.82, 2.24) is 0 Å². The zero-order valence-corrected chi connectivity index (χ0v) is 15.1. The highest BCUT2D eigenvalue weighted by atomic mass is 35.5. The van der Waals surface area contributed by atoms with E-state index in [1.165, 1.54) is 12.5 Å². The van der Waals surface area contributed by atoms with Crippen molar-refractivity contribution in [2.24, 2.45) is 0 Å². The van der Waals surface area contributed by atoms with Crippen molar-refractivity contribution < 1.29 is 18.8 Å². The van der Waals surface area contributed by atoms with Crippen LogP contribution < -0.4 is 4.74 Å². The minimum atomic E-state index is -0.237. The van der Waals surface area contributed by atoms with Crippen LogP contribution in [0.5, 0.6) is 11.5 Å². The molecule has 2 heterocycles. The van der Waals surface area contributed by atoms with E-state index in [0.29, 0.717) is 22.2 Å². The van der Waals surface area contributed by atoms with Gasteiger partial charge in [0, 0.05) is 34.9 Å². The second-order valence-corrected chi connectivity index (χ2v) is 7.72. The van der Waals surface area contributed by atoms with E-state index in [1.54, 1.807) is 0 Å². The van der Waals surface area contributed by atoms with E-state index in [2.05, 4.69) is 19.2 Å². The second-order valence-electron chi connectivity index (χ2n) is 7.28. The fourth-order valence-electron chi connectivity index (χ4n) is 4.16. The van der Waals surface area contributed by atoms with Crippen molar-refractivity contribution in [2.75, 3.05) is 26.9 Å². The molecule has 0 bridgehead atoms. The zero-order valence-electron chi connectivity index (χ0n) is 14.4. The monoisotopic (exact) mass is 358 g/mol. The quantitative estimate of drug-likeness (QED) is 0.593. The van der Waals surface area contributed by atoms with Gasteiger partial charge in [0.1, 0.15) is 11.5 Å².